The molecule has 6 nitrogen and oxygen atoms in total. The number of carbonyl (C=O) groups is 2. The van der Waals surface area contributed by atoms with Gasteiger partial charge in [0.2, 0.25) is 0 Å². The van der Waals surface area contributed by atoms with E-state index in [0.717, 1.165) is 11.3 Å². The molecule has 0 heterocycles. The third-order valence-electron chi connectivity index (χ3n) is 6.31. The van der Waals surface area contributed by atoms with Crippen LogP contribution in [0.1, 0.15) is 24.0 Å². The Morgan fingerprint density at radius 2 is 2.03 bits per heavy atom. The number of hydrogen-bond acceptors (Lipinski definition) is 5. The maximum absolute atomic E-state index is 13.4. The number of aliphatic hydroxyl groups is 1. The molecule has 0 aliphatic heterocycles. The van der Waals surface area contributed by atoms with Crippen molar-refractivity contribution < 1.29 is 19.8 Å². The zero-order valence-electron chi connectivity index (χ0n) is 16.2. The van der Waals surface area contributed by atoms with Gasteiger partial charge in [-0.15, -0.1) is 0 Å². The molecular weight excluding hydrogens is 482 g/mol. The minimum atomic E-state index is -0.671. The van der Waals surface area contributed by atoms with Crippen LogP contribution in [0.5, 0.6) is 5.75 Å². The number of ketones is 1. The monoisotopic (exact) mass is 503 g/mol. The van der Waals surface area contributed by atoms with Crippen LogP contribution in [0.15, 0.2) is 23.3 Å². The standard InChI is InChI=1S/C21H21BIN2O4/c1-25(2)13-7-12(23)18(26)16-11(13)6-9-5-8-3-4-10(21(24)29)17(22)14(8)19(27)15(9)20(16)28/h4,7-9,14,26,28H,3,5-6H2,1-2H3,(H2,24,29). The van der Waals surface area contributed by atoms with E-state index < -0.39 is 11.8 Å². The summed E-state index contributed by atoms with van der Waals surface area (Å²) < 4.78 is 0.597. The van der Waals surface area contributed by atoms with Crippen molar-refractivity contribution in [2.24, 2.45) is 23.5 Å². The van der Waals surface area contributed by atoms with E-state index in [1.165, 1.54) is 0 Å². The Morgan fingerprint density at radius 3 is 2.66 bits per heavy atom. The van der Waals surface area contributed by atoms with Crippen LogP contribution in [0.4, 0.5) is 5.69 Å². The molecule has 4 N–H and O–H groups in total. The quantitative estimate of drug-likeness (QED) is 0.423. The predicted octanol–water partition coefficient (Wildman–Crippen LogP) is 1.87. The summed E-state index contributed by atoms with van der Waals surface area (Å²) in [7, 11) is 9.99. The predicted molar refractivity (Wildman–Crippen MR) is 121 cm³/mol. The fourth-order valence-electron chi connectivity index (χ4n) is 5.03. The van der Waals surface area contributed by atoms with Crippen LogP contribution in [-0.4, -0.2) is 48.9 Å². The van der Waals surface area contributed by atoms with E-state index >= 15 is 0 Å². The normalized spacial score (nSPS) is 25.7. The molecule has 3 aliphatic rings. The summed E-state index contributed by atoms with van der Waals surface area (Å²) in [4.78, 5) is 27.0. The summed E-state index contributed by atoms with van der Waals surface area (Å²) in [6.45, 7) is 0. The average molecular weight is 503 g/mol. The van der Waals surface area contributed by atoms with E-state index in [1.54, 1.807) is 6.08 Å². The molecule has 1 aromatic rings. The first-order valence-corrected chi connectivity index (χ1v) is 10.5. The number of anilines is 1. The fourth-order valence-corrected chi connectivity index (χ4v) is 5.59. The van der Waals surface area contributed by atoms with Crippen molar-refractivity contribution in [3.8, 4) is 5.75 Å². The number of aliphatic hydroxyl groups excluding tert-OH is 1. The van der Waals surface area contributed by atoms with E-state index in [2.05, 4.69) is 0 Å². The van der Waals surface area contributed by atoms with Crippen molar-refractivity contribution in [3.63, 3.8) is 0 Å². The number of hydrogen-bond donors (Lipinski definition) is 3. The Morgan fingerprint density at radius 1 is 1.34 bits per heavy atom. The first-order chi connectivity index (χ1) is 13.6. The van der Waals surface area contributed by atoms with Gasteiger partial charge in [-0.3, -0.25) is 0 Å². The Bertz CT molecular complexity index is 1040. The molecule has 3 aliphatic carbocycles. The van der Waals surface area contributed by atoms with E-state index in [9.17, 15) is 19.8 Å². The number of phenols is 1. The van der Waals surface area contributed by atoms with Gasteiger partial charge in [0.15, 0.2) is 0 Å². The summed E-state index contributed by atoms with van der Waals surface area (Å²) in [6.07, 6.45) is 3.48. The first kappa shape index (κ1) is 20.2. The average Bonchev–Trinajstić information content (AvgIpc) is 2.63. The second-order valence-corrected chi connectivity index (χ2v) is 9.31. The molecule has 0 spiro atoms. The van der Waals surface area contributed by atoms with Crippen LogP contribution in [0.3, 0.4) is 0 Å². The third kappa shape index (κ3) is 2.94. The van der Waals surface area contributed by atoms with Crippen LogP contribution >= 0.6 is 22.6 Å². The molecule has 29 heavy (non-hydrogen) atoms. The number of allylic oxidation sites excluding steroid dienone is 2. The van der Waals surface area contributed by atoms with Crippen molar-refractivity contribution in [2.75, 3.05) is 19.0 Å². The summed E-state index contributed by atoms with van der Waals surface area (Å²) >= 11 is 2.02. The zero-order valence-corrected chi connectivity index (χ0v) is 18.4. The van der Waals surface area contributed by atoms with E-state index in [4.69, 9.17) is 13.2 Å². The fraction of sp³-hybridized carbons (Fsp3) is 0.381. The number of nitrogens with two attached hydrogens (primary N) is 1. The van der Waals surface area contributed by atoms with Gasteiger partial charge in [-0.05, 0) is 0 Å². The van der Waals surface area contributed by atoms with E-state index in [-0.39, 0.29) is 40.2 Å². The Kier molecular flexibility index (Phi) is 4.87. The second kappa shape index (κ2) is 7.00. The number of benzene rings is 1. The molecule has 1 radical (unpaired) electrons. The van der Waals surface area contributed by atoms with Crippen LogP contribution < -0.4 is 10.6 Å². The molecule has 1 amide bonds. The van der Waals surface area contributed by atoms with Gasteiger partial charge in [0, 0.05) is 0 Å². The summed E-state index contributed by atoms with van der Waals surface area (Å²) in [5.41, 5.74) is 8.16. The van der Waals surface area contributed by atoms with Crippen molar-refractivity contribution in [2.45, 2.75) is 19.3 Å². The number of amides is 1. The van der Waals surface area contributed by atoms with Crippen molar-refractivity contribution in [1.82, 2.24) is 0 Å². The second-order valence-electron chi connectivity index (χ2n) is 8.15. The molecule has 1 saturated carbocycles. The number of rotatable bonds is 2. The van der Waals surface area contributed by atoms with Gasteiger partial charge in [-0.1, -0.05) is 0 Å². The van der Waals surface area contributed by atoms with Crippen LogP contribution in [0.25, 0.3) is 5.76 Å². The number of phenolic OH excluding ortho intramolecular Hbond substituents is 1. The van der Waals surface area contributed by atoms with Gasteiger partial charge in [0.05, 0.1) is 0 Å². The summed E-state index contributed by atoms with van der Waals surface area (Å²) in [5.74, 6) is -1.99. The van der Waals surface area contributed by atoms with Crippen molar-refractivity contribution in [1.29, 1.82) is 0 Å². The SMILES string of the molecule is [B]=C1C(C(N)=O)=CCC2CC3Cc4c(N(C)C)cc(I)c(O)c4C(O)=C3C(=O)C12. The number of nitrogens with zero attached hydrogens (tertiary/aromatic N) is 1. The summed E-state index contributed by atoms with van der Waals surface area (Å²) in [6, 6.07) is 1.88. The molecular formula is C21H21BIN2O4. The van der Waals surface area contributed by atoms with Gasteiger partial charge in [0.25, 0.3) is 0 Å². The minimum absolute atomic E-state index is 0.0251. The van der Waals surface area contributed by atoms with E-state index in [1.807, 2.05) is 47.7 Å². The molecule has 1 aromatic carbocycles. The van der Waals surface area contributed by atoms with Crippen LogP contribution in [-0.2, 0) is 16.0 Å². The number of Topliss-reactive ketones (excluding diaryl/α,β-unsaturated/α-hetero) is 1. The molecule has 149 valence electrons. The van der Waals surface area contributed by atoms with Gasteiger partial charge < -0.3 is 0 Å². The number of fused-ring (bicyclic) bond motifs is 3. The number of aromatic hydroxyl groups is 1. The van der Waals surface area contributed by atoms with Crippen molar-refractivity contribution in [3.05, 3.63) is 38.0 Å². The van der Waals surface area contributed by atoms with Gasteiger partial charge in [-0.25, -0.2) is 0 Å². The summed E-state index contributed by atoms with van der Waals surface area (Å²) in [5, 5.41) is 21.8. The Hall–Kier alpha value is -2.10. The molecule has 3 atom stereocenters. The van der Waals surface area contributed by atoms with Crippen LogP contribution in [0.2, 0.25) is 0 Å². The van der Waals surface area contributed by atoms with E-state index in [0.29, 0.717) is 34.0 Å². The first-order valence-electron chi connectivity index (χ1n) is 9.45. The maximum atomic E-state index is 13.4. The molecule has 0 saturated heterocycles. The molecule has 0 bridgehead atoms. The molecule has 1 fully saturated rings. The Balaban J connectivity index is 1.88. The molecule has 3 unspecified atom stereocenters. The number of halogens is 1. The zero-order chi connectivity index (χ0) is 21.2. The van der Waals surface area contributed by atoms with Crippen molar-refractivity contribution >= 4 is 58.7 Å². The van der Waals surface area contributed by atoms with Gasteiger partial charge in [-0.2, -0.15) is 0 Å². The number of carbonyl (C=O) groups excluding carboxylic acids is 2. The Labute approximate surface area is 183 Å². The number of primary amides is 1. The molecule has 8 heteroatoms. The topological polar surface area (TPSA) is 104 Å². The van der Waals surface area contributed by atoms with Crippen LogP contribution in [0, 0.1) is 21.3 Å². The molecule has 0 aromatic heterocycles. The molecule has 4 rings (SSSR count). The van der Waals surface area contributed by atoms with Gasteiger partial charge >= 0.3 is 184 Å². The van der Waals surface area contributed by atoms with Gasteiger partial charge in [0.1, 0.15) is 0 Å². The third-order valence-corrected chi connectivity index (χ3v) is 7.14.